The summed E-state index contributed by atoms with van der Waals surface area (Å²) in [5.74, 6) is 0.332. The van der Waals surface area contributed by atoms with E-state index >= 15 is 0 Å². The van der Waals surface area contributed by atoms with Crippen molar-refractivity contribution in [3.05, 3.63) is 99.3 Å². The maximum Gasteiger partial charge on any atom is 0.416 e. The molecule has 0 aliphatic rings. The number of aromatic nitrogens is 3. The average Bonchev–Trinajstić information content (AvgIpc) is 3.16. The summed E-state index contributed by atoms with van der Waals surface area (Å²) < 4.78 is 40.1. The Labute approximate surface area is 195 Å². The molecular formula is C24H15ClF3N3OS. The number of rotatable bonds is 4. The van der Waals surface area contributed by atoms with Gasteiger partial charge in [0.2, 0.25) is 0 Å². The molecule has 0 radical (unpaired) electrons. The monoisotopic (exact) mass is 485 g/mol. The molecule has 0 aliphatic heterocycles. The lowest BCUT2D eigenvalue weighted by Gasteiger charge is -2.13. The molecular weight excluding hydrogens is 471 g/mol. The Morgan fingerprint density at radius 3 is 2.48 bits per heavy atom. The van der Waals surface area contributed by atoms with Crippen molar-refractivity contribution in [2.45, 2.75) is 17.1 Å². The number of nitrogens with zero attached hydrogens (tertiary/aromatic N) is 2. The highest BCUT2D eigenvalue weighted by molar-refractivity contribution is 7.98. The second-order valence-corrected chi connectivity index (χ2v) is 8.77. The van der Waals surface area contributed by atoms with Gasteiger partial charge in [-0.15, -0.1) is 0 Å². The fraction of sp³-hybridized carbons (Fsp3) is 0.0833. The minimum atomic E-state index is -4.39. The van der Waals surface area contributed by atoms with Crippen LogP contribution >= 0.6 is 23.4 Å². The van der Waals surface area contributed by atoms with Crippen molar-refractivity contribution >= 4 is 45.3 Å². The first-order valence-electron chi connectivity index (χ1n) is 9.89. The zero-order valence-corrected chi connectivity index (χ0v) is 18.4. The van der Waals surface area contributed by atoms with Gasteiger partial charge in [0.1, 0.15) is 11.0 Å². The van der Waals surface area contributed by atoms with Gasteiger partial charge < -0.3 is 4.98 Å². The van der Waals surface area contributed by atoms with E-state index in [-0.39, 0.29) is 5.56 Å². The fourth-order valence-electron chi connectivity index (χ4n) is 3.62. The lowest BCUT2D eigenvalue weighted by atomic mass is 10.1. The lowest BCUT2D eigenvalue weighted by molar-refractivity contribution is -0.137. The van der Waals surface area contributed by atoms with E-state index in [0.29, 0.717) is 38.2 Å². The van der Waals surface area contributed by atoms with Gasteiger partial charge in [0, 0.05) is 21.7 Å². The molecule has 4 nitrogen and oxygen atoms in total. The molecule has 9 heteroatoms. The number of nitrogens with one attached hydrogen (secondary N) is 1. The van der Waals surface area contributed by atoms with Crippen molar-refractivity contribution in [1.29, 1.82) is 0 Å². The highest BCUT2D eigenvalue weighted by Gasteiger charge is 2.30. The number of aromatic amines is 1. The van der Waals surface area contributed by atoms with E-state index in [2.05, 4.69) is 4.98 Å². The second-order valence-electron chi connectivity index (χ2n) is 7.39. The van der Waals surface area contributed by atoms with E-state index in [9.17, 15) is 18.0 Å². The molecule has 166 valence electrons. The molecule has 2 aromatic heterocycles. The van der Waals surface area contributed by atoms with E-state index in [0.717, 1.165) is 23.0 Å². The minimum Gasteiger partial charge on any atom is -0.349 e. The number of alkyl halides is 3. The first kappa shape index (κ1) is 21.6. The molecule has 0 spiro atoms. The molecule has 5 rings (SSSR count). The highest BCUT2D eigenvalue weighted by atomic mass is 35.5. The summed E-state index contributed by atoms with van der Waals surface area (Å²) in [6, 6.07) is 19.3. The van der Waals surface area contributed by atoms with Crippen LogP contribution in [0.2, 0.25) is 5.02 Å². The van der Waals surface area contributed by atoms with Crippen LogP contribution in [0.1, 0.15) is 11.1 Å². The summed E-state index contributed by atoms with van der Waals surface area (Å²) >= 11 is 7.43. The third-order valence-corrected chi connectivity index (χ3v) is 6.45. The first-order chi connectivity index (χ1) is 15.8. The number of para-hydroxylation sites is 1. The number of halogens is 4. The van der Waals surface area contributed by atoms with Crippen molar-refractivity contribution in [3.8, 4) is 5.69 Å². The SMILES string of the molecule is O=c1c2[nH]c3ccccc3c2nc(SCc2ccc(C(F)(F)F)cc2)n1-c1cccc(Cl)c1. The Balaban J connectivity index is 1.62. The summed E-state index contributed by atoms with van der Waals surface area (Å²) in [5.41, 5.74) is 1.95. The summed E-state index contributed by atoms with van der Waals surface area (Å²) in [6.45, 7) is 0. The van der Waals surface area contributed by atoms with E-state index < -0.39 is 11.7 Å². The standard InChI is InChI=1S/C24H15ClF3N3OS/c25-16-4-3-5-17(12-16)31-22(32)21-20(18-6-1-2-7-19(18)29-21)30-23(31)33-13-14-8-10-15(11-9-14)24(26,27)28/h1-12,29H,13H2. The molecule has 2 heterocycles. The van der Waals surface area contributed by atoms with E-state index in [4.69, 9.17) is 16.6 Å². The number of fused-ring (bicyclic) bond motifs is 3. The predicted molar refractivity (Wildman–Crippen MR) is 125 cm³/mol. The van der Waals surface area contributed by atoms with Gasteiger partial charge in [-0.2, -0.15) is 13.2 Å². The summed E-state index contributed by atoms with van der Waals surface area (Å²) in [6.07, 6.45) is -4.39. The van der Waals surface area contributed by atoms with Gasteiger partial charge in [-0.05, 0) is 42.0 Å². The Bertz CT molecular complexity index is 1540. The Kier molecular flexibility index (Phi) is 5.42. The van der Waals surface area contributed by atoms with Gasteiger partial charge in [0.15, 0.2) is 5.16 Å². The first-order valence-corrected chi connectivity index (χ1v) is 11.3. The number of H-pyrrole nitrogens is 1. The summed E-state index contributed by atoms with van der Waals surface area (Å²) in [7, 11) is 0. The molecule has 0 amide bonds. The van der Waals surface area contributed by atoms with Gasteiger partial charge >= 0.3 is 6.18 Å². The van der Waals surface area contributed by atoms with Crippen LogP contribution in [0.4, 0.5) is 13.2 Å². The summed E-state index contributed by atoms with van der Waals surface area (Å²) in [5, 5.41) is 1.70. The van der Waals surface area contributed by atoms with Crippen LogP contribution < -0.4 is 5.56 Å². The summed E-state index contributed by atoms with van der Waals surface area (Å²) in [4.78, 5) is 21.4. The lowest BCUT2D eigenvalue weighted by Crippen LogP contribution is -2.21. The van der Waals surface area contributed by atoms with E-state index in [1.165, 1.54) is 28.5 Å². The Morgan fingerprint density at radius 1 is 1.00 bits per heavy atom. The third-order valence-electron chi connectivity index (χ3n) is 5.21. The van der Waals surface area contributed by atoms with E-state index in [1.54, 1.807) is 24.3 Å². The molecule has 0 bridgehead atoms. The maximum atomic E-state index is 13.5. The van der Waals surface area contributed by atoms with Gasteiger partial charge in [0.25, 0.3) is 5.56 Å². The molecule has 0 aliphatic carbocycles. The minimum absolute atomic E-state index is 0.284. The van der Waals surface area contributed by atoms with Crippen LogP contribution in [0.5, 0.6) is 0 Å². The predicted octanol–water partition coefficient (Wildman–Crippen LogP) is 6.83. The maximum absolute atomic E-state index is 13.5. The molecule has 1 N–H and O–H groups in total. The van der Waals surface area contributed by atoms with Crippen molar-refractivity contribution in [1.82, 2.24) is 14.5 Å². The van der Waals surface area contributed by atoms with Crippen LogP contribution in [0.15, 0.2) is 82.7 Å². The zero-order chi connectivity index (χ0) is 23.2. The van der Waals surface area contributed by atoms with Crippen LogP contribution in [0, 0.1) is 0 Å². The quantitative estimate of drug-likeness (QED) is 0.224. The highest BCUT2D eigenvalue weighted by Crippen LogP contribution is 2.31. The molecule has 0 unspecified atom stereocenters. The zero-order valence-electron chi connectivity index (χ0n) is 16.9. The molecule has 0 fully saturated rings. The van der Waals surface area contributed by atoms with Gasteiger partial charge in [0.05, 0.1) is 11.3 Å². The second kappa shape index (κ2) is 8.28. The smallest absolute Gasteiger partial charge is 0.349 e. The molecule has 33 heavy (non-hydrogen) atoms. The fourth-order valence-corrected chi connectivity index (χ4v) is 4.77. The van der Waals surface area contributed by atoms with Crippen molar-refractivity contribution in [3.63, 3.8) is 0 Å². The van der Waals surface area contributed by atoms with Crippen molar-refractivity contribution in [2.24, 2.45) is 0 Å². The van der Waals surface area contributed by atoms with Crippen LogP contribution in [-0.4, -0.2) is 14.5 Å². The number of hydrogen-bond donors (Lipinski definition) is 1. The molecule has 5 aromatic rings. The van der Waals surface area contributed by atoms with Crippen LogP contribution in [-0.2, 0) is 11.9 Å². The largest absolute Gasteiger partial charge is 0.416 e. The van der Waals surface area contributed by atoms with Gasteiger partial charge in [-0.1, -0.05) is 59.8 Å². The third kappa shape index (κ3) is 4.12. The van der Waals surface area contributed by atoms with Crippen molar-refractivity contribution in [2.75, 3.05) is 0 Å². The number of thioether (sulfide) groups is 1. The van der Waals surface area contributed by atoms with Crippen LogP contribution in [0.3, 0.4) is 0 Å². The number of benzene rings is 3. The van der Waals surface area contributed by atoms with Gasteiger partial charge in [-0.3, -0.25) is 9.36 Å². The Hall–Kier alpha value is -3.23. The average molecular weight is 486 g/mol. The Morgan fingerprint density at radius 2 is 1.76 bits per heavy atom. The van der Waals surface area contributed by atoms with Gasteiger partial charge in [-0.25, -0.2) is 4.98 Å². The van der Waals surface area contributed by atoms with E-state index in [1.807, 2.05) is 24.3 Å². The molecule has 0 saturated carbocycles. The van der Waals surface area contributed by atoms with Crippen molar-refractivity contribution < 1.29 is 13.2 Å². The topological polar surface area (TPSA) is 50.7 Å². The van der Waals surface area contributed by atoms with Crippen LogP contribution in [0.25, 0.3) is 27.6 Å². The molecule has 0 saturated heterocycles. The molecule has 3 aromatic carbocycles. The number of hydrogen-bond acceptors (Lipinski definition) is 3. The molecule has 0 atom stereocenters. The normalized spacial score (nSPS) is 12.0.